The van der Waals surface area contributed by atoms with Gasteiger partial charge in [-0.25, -0.2) is 8.42 Å². The first kappa shape index (κ1) is 25.6. The third-order valence-corrected chi connectivity index (χ3v) is 8.17. The number of rotatable bonds is 5. The number of hydrogen-bond donors (Lipinski definition) is 2. The van der Waals surface area contributed by atoms with Crippen molar-refractivity contribution in [2.45, 2.75) is 24.1 Å². The molecule has 30 heavy (non-hydrogen) atoms. The van der Waals surface area contributed by atoms with Crippen molar-refractivity contribution in [3.8, 4) is 6.07 Å². The maximum atomic E-state index is 11.0. The van der Waals surface area contributed by atoms with Gasteiger partial charge in [-0.15, -0.1) is 0 Å². The average molecular weight is 496 g/mol. The number of nitriles is 1. The van der Waals surface area contributed by atoms with E-state index in [0.717, 1.165) is 0 Å². The van der Waals surface area contributed by atoms with Gasteiger partial charge in [0.25, 0.3) is 0 Å². The molecule has 154 valence electrons. The number of nitrogens with one attached hydrogen (secondary N) is 1. The zero-order valence-electron chi connectivity index (χ0n) is 16.1. The summed E-state index contributed by atoms with van der Waals surface area (Å²) in [5.41, 5.74) is 0.156. The molecule has 7 nitrogen and oxygen atoms in total. The Morgan fingerprint density at radius 1 is 1.43 bits per heavy atom. The maximum Gasteiger partial charge on any atom is 1.00 e. The van der Waals surface area contributed by atoms with Gasteiger partial charge in [-0.1, -0.05) is 23.2 Å². The summed E-state index contributed by atoms with van der Waals surface area (Å²) in [6.07, 6.45) is 1.67. The molecule has 1 aliphatic carbocycles. The Bertz CT molecular complexity index is 1100. The summed E-state index contributed by atoms with van der Waals surface area (Å²) in [6, 6.07) is 6.88. The minimum absolute atomic E-state index is 0. The molecule has 1 aromatic carbocycles. The number of anilines is 1. The fraction of sp³-hybridized carbons (Fsp3) is 0.333. The first-order valence-electron chi connectivity index (χ1n) is 8.42. The molecule has 0 saturated heterocycles. The molecule has 2 aliphatic rings. The number of benzene rings is 1. The van der Waals surface area contributed by atoms with Crippen LogP contribution in [0.5, 0.6) is 0 Å². The van der Waals surface area contributed by atoms with Gasteiger partial charge in [-0.05, 0) is 31.2 Å². The van der Waals surface area contributed by atoms with Crippen molar-refractivity contribution in [1.82, 2.24) is 0 Å². The summed E-state index contributed by atoms with van der Waals surface area (Å²) < 4.78 is 33.0. The van der Waals surface area contributed by atoms with Crippen LogP contribution in [-0.2, 0) is 10.1 Å². The summed E-state index contributed by atoms with van der Waals surface area (Å²) in [4.78, 5) is 1.63. The van der Waals surface area contributed by atoms with Gasteiger partial charge in [0.2, 0.25) is 0 Å². The predicted molar refractivity (Wildman–Crippen MR) is 114 cm³/mol. The zero-order chi connectivity index (χ0) is 21.6. The number of fused-ring (bicyclic) bond motifs is 1. The fourth-order valence-corrected chi connectivity index (χ4v) is 6.27. The van der Waals surface area contributed by atoms with Gasteiger partial charge in [0.05, 0.1) is 31.5 Å². The van der Waals surface area contributed by atoms with Crippen LogP contribution in [-0.4, -0.2) is 46.2 Å². The van der Waals surface area contributed by atoms with Gasteiger partial charge in [-0.2, -0.15) is 17.0 Å². The Balaban J connectivity index is 0.00000320. The molecule has 0 spiro atoms. The third-order valence-electron chi connectivity index (χ3n) is 5.00. The van der Waals surface area contributed by atoms with Gasteiger partial charge in [0, 0.05) is 34.4 Å². The van der Waals surface area contributed by atoms with Crippen molar-refractivity contribution in [2.24, 2.45) is 0 Å². The average Bonchev–Trinajstić information content (AvgIpc) is 2.83. The summed E-state index contributed by atoms with van der Waals surface area (Å²) in [5, 5.41) is 28.7. The second-order valence-corrected chi connectivity index (χ2v) is 10.4. The first-order valence-corrected chi connectivity index (χ1v) is 11.8. The molecule has 0 fully saturated rings. The molecule has 3 rings (SSSR count). The Kier molecular flexibility index (Phi) is 8.03. The predicted octanol–water partition coefficient (Wildman–Crippen LogP) is 0.866. The molecular weight excluding hydrogens is 480 g/mol. The number of thioether (sulfide) groups is 1. The topological polar surface area (TPSA) is 128 Å². The van der Waals surface area contributed by atoms with Crippen molar-refractivity contribution in [3.05, 3.63) is 51.2 Å². The molecular formula is C18H16Cl2N3NaO4S2. The van der Waals surface area contributed by atoms with Crippen LogP contribution in [0.3, 0.4) is 0 Å². The van der Waals surface area contributed by atoms with Crippen LogP contribution >= 0.6 is 35.0 Å². The van der Waals surface area contributed by atoms with E-state index >= 15 is 0 Å². The van der Waals surface area contributed by atoms with Crippen molar-refractivity contribution >= 4 is 56.6 Å². The van der Waals surface area contributed by atoms with E-state index in [0.29, 0.717) is 16.3 Å². The molecule has 0 unspecified atom stereocenters. The summed E-state index contributed by atoms with van der Waals surface area (Å²) >= 11 is 13.4. The number of amidine groups is 1. The van der Waals surface area contributed by atoms with E-state index in [1.54, 1.807) is 23.1 Å². The van der Waals surface area contributed by atoms with E-state index in [1.807, 2.05) is 13.0 Å². The monoisotopic (exact) mass is 495 g/mol. The number of halogens is 2. The van der Waals surface area contributed by atoms with Gasteiger partial charge in [-0.3, -0.25) is 5.41 Å². The van der Waals surface area contributed by atoms with E-state index in [2.05, 4.69) is 0 Å². The molecule has 0 saturated carbocycles. The normalized spacial score (nSPS) is 23.6. The van der Waals surface area contributed by atoms with Gasteiger partial charge in [0.15, 0.2) is 0 Å². The molecule has 1 aliphatic heterocycles. The fourth-order valence-electron chi connectivity index (χ4n) is 3.64. The van der Waals surface area contributed by atoms with E-state index in [-0.39, 0.29) is 63.9 Å². The van der Waals surface area contributed by atoms with Crippen molar-refractivity contribution in [2.75, 3.05) is 16.4 Å². The van der Waals surface area contributed by atoms with Crippen LogP contribution in [0.2, 0.25) is 10.0 Å². The minimum Gasteiger partial charge on any atom is -0.748 e. The van der Waals surface area contributed by atoms with E-state index in [9.17, 15) is 23.3 Å². The molecule has 2 N–H and O–H groups in total. The largest absolute Gasteiger partial charge is 1.00 e. The van der Waals surface area contributed by atoms with Crippen molar-refractivity contribution in [3.63, 3.8) is 0 Å². The van der Waals surface area contributed by atoms with Gasteiger partial charge >= 0.3 is 29.6 Å². The Labute approximate surface area is 211 Å². The van der Waals surface area contributed by atoms with E-state index in [4.69, 9.17) is 28.6 Å². The Morgan fingerprint density at radius 2 is 2.10 bits per heavy atom. The van der Waals surface area contributed by atoms with Crippen LogP contribution in [0, 0.1) is 16.7 Å². The molecule has 0 amide bonds. The van der Waals surface area contributed by atoms with Crippen LogP contribution < -0.4 is 34.5 Å². The third kappa shape index (κ3) is 4.71. The number of nitrogens with zero attached hydrogens (tertiary/aromatic N) is 2. The molecule has 12 heteroatoms. The molecule has 1 aromatic rings. The second-order valence-electron chi connectivity index (χ2n) is 6.79. The molecule has 0 radical (unpaired) electrons. The number of aliphatic hydroxyl groups excluding tert-OH is 1. The SMILES string of the molecule is C[C@]12C(=C(C#N)C(=N)N1c1ccc(Cl)c(Cl)c1)C=C(O)C[C@@H]2SCCS(=O)(=O)[O-].[Na+]. The zero-order valence-corrected chi connectivity index (χ0v) is 21.3. The molecule has 1 heterocycles. The molecule has 0 aromatic heterocycles. The molecule has 0 bridgehead atoms. The van der Waals surface area contributed by atoms with Crippen LogP contribution in [0.25, 0.3) is 0 Å². The number of aliphatic hydroxyl groups is 1. The Hall–Kier alpha value is -0.700. The van der Waals surface area contributed by atoms with Crippen LogP contribution in [0.15, 0.2) is 41.2 Å². The molecule has 2 atom stereocenters. The number of hydrogen-bond acceptors (Lipinski definition) is 7. The van der Waals surface area contributed by atoms with Crippen molar-refractivity contribution < 1.29 is 47.6 Å². The summed E-state index contributed by atoms with van der Waals surface area (Å²) in [7, 11) is -4.38. The van der Waals surface area contributed by atoms with Crippen molar-refractivity contribution in [1.29, 1.82) is 10.7 Å². The minimum atomic E-state index is -4.38. The quantitative estimate of drug-likeness (QED) is 0.457. The van der Waals surface area contributed by atoms with Gasteiger partial charge in [0.1, 0.15) is 17.5 Å². The van der Waals surface area contributed by atoms with Crippen LogP contribution in [0.4, 0.5) is 5.69 Å². The summed E-state index contributed by atoms with van der Waals surface area (Å²) in [6.45, 7) is 1.82. The summed E-state index contributed by atoms with van der Waals surface area (Å²) in [5.74, 6) is -0.562. The van der Waals surface area contributed by atoms with E-state index in [1.165, 1.54) is 17.8 Å². The first-order chi connectivity index (χ1) is 13.5. The maximum absolute atomic E-state index is 11.0. The number of allylic oxidation sites excluding steroid dienone is 1. The van der Waals surface area contributed by atoms with Crippen LogP contribution in [0.1, 0.15) is 13.3 Å². The standard InChI is InChI=1S/C18H17Cl2N3O4S2.Na/c1-18-13(7-11(24)8-16(18)28-4-5-29(25,26)27)12(9-21)17(22)23(18)10-2-3-14(19)15(20)6-10;/h2-3,6-7,16,22,24H,4-5,8H2,1H3,(H,25,26,27);/q;+1/p-1/t16-,18+;/m0./s1. The second kappa shape index (κ2) is 9.43. The smallest absolute Gasteiger partial charge is 0.748 e. The Morgan fingerprint density at radius 3 is 2.67 bits per heavy atom. The van der Waals surface area contributed by atoms with Gasteiger partial charge < -0.3 is 14.6 Å². The van der Waals surface area contributed by atoms with E-state index < -0.39 is 26.7 Å².